The topological polar surface area (TPSA) is 64.3 Å². The van der Waals surface area contributed by atoms with Crippen LogP contribution in [0.4, 0.5) is 0 Å². The molecule has 0 heterocycles. The lowest BCUT2D eigenvalue weighted by atomic mass is 9.78. The van der Waals surface area contributed by atoms with Crippen LogP contribution in [0.3, 0.4) is 0 Å². The molecule has 1 aliphatic rings. The average Bonchev–Trinajstić information content (AvgIpc) is 3.17. The van der Waals surface area contributed by atoms with Crippen molar-refractivity contribution in [1.29, 1.82) is 0 Å². The van der Waals surface area contributed by atoms with Gasteiger partial charge >= 0.3 is 0 Å². The highest BCUT2D eigenvalue weighted by Gasteiger charge is 2.36. The van der Waals surface area contributed by atoms with Crippen LogP contribution < -0.4 is 15.8 Å². The van der Waals surface area contributed by atoms with E-state index in [1.165, 1.54) is 18.4 Å². The number of nitrogens with two attached hydrogens (primary N) is 1. The van der Waals surface area contributed by atoms with E-state index in [1.54, 1.807) is 7.11 Å². The average molecular weight is 352 g/mol. The molecule has 0 saturated heterocycles. The lowest BCUT2D eigenvalue weighted by Crippen LogP contribution is -2.47. The van der Waals surface area contributed by atoms with E-state index in [4.69, 9.17) is 10.5 Å². The summed E-state index contributed by atoms with van der Waals surface area (Å²) in [7, 11) is 1.69. The van der Waals surface area contributed by atoms with Gasteiger partial charge in [-0.15, -0.1) is 0 Å². The first-order valence-electron chi connectivity index (χ1n) is 9.35. The van der Waals surface area contributed by atoms with Crippen LogP contribution in [-0.4, -0.2) is 25.6 Å². The van der Waals surface area contributed by atoms with Crippen molar-refractivity contribution in [1.82, 2.24) is 5.32 Å². The third-order valence-corrected chi connectivity index (χ3v) is 5.48. The Balaban J connectivity index is 1.66. The summed E-state index contributed by atoms with van der Waals surface area (Å²) in [6.07, 6.45) is 5.08. The van der Waals surface area contributed by atoms with Crippen LogP contribution in [0.5, 0.6) is 5.75 Å². The normalized spacial score (nSPS) is 16.8. The molecule has 3 rings (SSSR count). The molecule has 0 aromatic heterocycles. The van der Waals surface area contributed by atoms with E-state index in [1.807, 2.05) is 42.5 Å². The fraction of sp³-hybridized carbons (Fsp3) is 0.409. The summed E-state index contributed by atoms with van der Waals surface area (Å²) >= 11 is 0. The van der Waals surface area contributed by atoms with Crippen molar-refractivity contribution < 1.29 is 9.53 Å². The minimum atomic E-state index is -0.527. The van der Waals surface area contributed by atoms with Crippen molar-refractivity contribution >= 4 is 5.91 Å². The number of hydrogen-bond donors (Lipinski definition) is 2. The van der Waals surface area contributed by atoms with Crippen LogP contribution in [-0.2, 0) is 16.6 Å². The number of carbonyl (C=O) groups is 1. The number of benzene rings is 2. The second-order valence-electron chi connectivity index (χ2n) is 7.23. The minimum absolute atomic E-state index is 0.0172. The monoisotopic (exact) mass is 352 g/mol. The number of carbonyl (C=O) groups excluding carboxylic acids is 1. The number of methoxy groups -OCH3 is 1. The van der Waals surface area contributed by atoms with Crippen molar-refractivity contribution in [3.05, 3.63) is 65.7 Å². The number of ether oxygens (including phenoxy) is 1. The quantitative estimate of drug-likeness (QED) is 0.804. The molecule has 1 atom stereocenters. The SMILES string of the molecule is COc1cccc(C2(CNC(=O)[C@@H](N)Cc3ccccc3)CCCC2)c1. The first-order valence-corrected chi connectivity index (χ1v) is 9.35. The summed E-state index contributed by atoms with van der Waals surface area (Å²) in [6.45, 7) is 0.626. The zero-order chi connectivity index (χ0) is 18.4. The number of rotatable bonds is 7. The summed E-state index contributed by atoms with van der Waals surface area (Å²) in [5, 5.41) is 3.12. The second-order valence-corrected chi connectivity index (χ2v) is 7.23. The van der Waals surface area contributed by atoms with Crippen molar-refractivity contribution in [3.63, 3.8) is 0 Å². The Morgan fingerprint density at radius 2 is 1.88 bits per heavy atom. The van der Waals surface area contributed by atoms with E-state index in [2.05, 4.69) is 17.4 Å². The lowest BCUT2D eigenvalue weighted by molar-refractivity contribution is -0.122. The lowest BCUT2D eigenvalue weighted by Gasteiger charge is -2.31. The van der Waals surface area contributed by atoms with E-state index in [0.717, 1.165) is 24.2 Å². The van der Waals surface area contributed by atoms with Crippen LogP contribution in [0.15, 0.2) is 54.6 Å². The summed E-state index contributed by atoms with van der Waals surface area (Å²) in [5.41, 5.74) is 8.44. The third kappa shape index (κ3) is 4.25. The Morgan fingerprint density at radius 3 is 2.58 bits per heavy atom. The van der Waals surface area contributed by atoms with E-state index < -0.39 is 6.04 Å². The van der Waals surface area contributed by atoms with Gasteiger partial charge in [-0.1, -0.05) is 55.3 Å². The number of hydrogen-bond acceptors (Lipinski definition) is 3. The first-order chi connectivity index (χ1) is 12.6. The Morgan fingerprint density at radius 1 is 1.15 bits per heavy atom. The first kappa shape index (κ1) is 18.5. The van der Waals surface area contributed by atoms with Crippen LogP contribution in [0, 0.1) is 0 Å². The van der Waals surface area contributed by atoms with Crippen LogP contribution >= 0.6 is 0 Å². The van der Waals surface area contributed by atoms with Gasteiger partial charge < -0.3 is 15.8 Å². The maximum atomic E-state index is 12.5. The zero-order valence-corrected chi connectivity index (χ0v) is 15.4. The molecule has 0 spiro atoms. The van der Waals surface area contributed by atoms with Gasteiger partial charge in [-0.2, -0.15) is 0 Å². The molecule has 1 saturated carbocycles. The largest absolute Gasteiger partial charge is 0.497 e. The van der Waals surface area contributed by atoms with E-state index >= 15 is 0 Å². The van der Waals surface area contributed by atoms with Crippen LogP contribution in [0.25, 0.3) is 0 Å². The maximum Gasteiger partial charge on any atom is 0.237 e. The van der Waals surface area contributed by atoms with Gasteiger partial charge in [0.05, 0.1) is 13.2 Å². The van der Waals surface area contributed by atoms with E-state index in [0.29, 0.717) is 13.0 Å². The number of amides is 1. The number of nitrogens with one attached hydrogen (secondary N) is 1. The molecule has 138 valence electrons. The fourth-order valence-corrected chi connectivity index (χ4v) is 3.92. The standard InChI is InChI=1S/C22H28N2O2/c1-26-19-11-7-10-18(15-19)22(12-5-6-13-22)16-24-21(25)20(23)14-17-8-3-2-4-9-17/h2-4,7-11,15,20H,5-6,12-14,16,23H2,1H3,(H,24,25)/t20-/m0/s1. The summed E-state index contributed by atoms with van der Waals surface area (Å²) in [5.74, 6) is 0.781. The molecule has 2 aromatic carbocycles. The van der Waals surface area contributed by atoms with Crippen molar-refractivity contribution in [3.8, 4) is 5.75 Å². The molecular weight excluding hydrogens is 324 g/mol. The highest BCUT2D eigenvalue weighted by molar-refractivity contribution is 5.82. The highest BCUT2D eigenvalue weighted by Crippen LogP contribution is 2.41. The Hall–Kier alpha value is -2.33. The van der Waals surface area contributed by atoms with Gasteiger partial charge in [0, 0.05) is 12.0 Å². The molecule has 4 nitrogen and oxygen atoms in total. The molecule has 0 unspecified atom stereocenters. The third-order valence-electron chi connectivity index (χ3n) is 5.48. The van der Waals surface area contributed by atoms with Gasteiger partial charge in [0.1, 0.15) is 5.75 Å². The summed E-state index contributed by atoms with van der Waals surface area (Å²) in [4.78, 5) is 12.5. The summed E-state index contributed by atoms with van der Waals surface area (Å²) < 4.78 is 5.38. The van der Waals surface area contributed by atoms with Gasteiger partial charge in [0.15, 0.2) is 0 Å². The van der Waals surface area contributed by atoms with Crippen LogP contribution in [0.1, 0.15) is 36.8 Å². The second kappa shape index (κ2) is 8.37. The molecule has 1 amide bonds. The van der Waals surface area contributed by atoms with E-state index in [9.17, 15) is 4.79 Å². The van der Waals surface area contributed by atoms with E-state index in [-0.39, 0.29) is 11.3 Å². The molecule has 4 heteroatoms. The van der Waals surface area contributed by atoms with Gasteiger partial charge in [-0.25, -0.2) is 0 Å². The molecule has 0 aliphatic heterocycles. The van der Waals surface area contributed by atoms with Gasteiger partial charge in [0.25, 0.3) is 0 Å². The predicted molar refractivity (Wildman–Crippen MR) is 104 cm³/mol. The molecule has 0 bridgehead atoms. The minimum Gasteiger partial charge on any atom is -0.497 e. The molecule has 26 heavy (non-hydrogen) atoms. The summed E-state index contributed by atoms with van der Waals surface area (Å²) in [6, 6.07) is 17.6. The smallest absolute Gasteiger partial charge is 0.237 e. The molecule has 2 aromatic rings. The van der Waals surface area contributed by atoms with Gasteiger partial charge in [-0.05, 0) is 42.5 Å². The molecule has 0 radical (unpaired) electrons. The predicted octanol–water partition coefficient (Wildman–Crippen LogP) is 3.19. The maximum absolute atomic E-state index is 12.5. The Labute approximate surface area is 155 Å². The molecular formula is C22H28N2O2. The molecule has 1 fully saturated rings. The van der Waals surface area contributed by atoms with Crippen molar-refractivity contribution in [2.75, 3.05) is 13.7 Å². The Bertz CT molecular complexity index is 724. The zero-order valence-electron chi connectivity index (χ0n) is 15.4. The van der Waals surface area contributed by atoms with Crippen LogP contribution in [0.2, 0.25) is 0 Å². The van der Waals surface area contributed by atoms with Crippen molar-refractivity contribution in [2.24, 2.45) is 5.73 Å². The van der Waals surface area contributed by atoms with Crippen molar-refractivity contribution in [2.45, 2.75) is 43.6 Å². The van der Waals surface area contributed by atoms with Gasteiger partial charge in [-0.3, -0.25) is 4.79 Å². The molecule has 1 aliphatic carbocycles. The fourth-order valence-electron chi connectivity index (χ4n) is 3.92. The van der Waals surface area contributed by atoms with Gasteiger partial charge in [0.2, 0.25) is 5.91 Å². The molecule has 3 N–H and O–H groups in total. The Kier molecular flexibility index (Phi) is 5.94. The highest BCUT2D eigenvalue weighted by atomic mass is 16.5.